The van der Waals surface area contributed by atoms with Crippen LogP contribution in [0.3, 0.4) is 0 Å². The Balaban J connectivity index is 1.69. The molecule has 2 N–H and O–H groups in total. The number of aliphatic hydroxyl groups is 1. The van der Waals surface area contributed by atoms with Crippen LogP contribution in [0.4, 0.5) is 0 Å². The van der Waals surface area contributed by atoms with Gasteiger partial charge in [0.2, 0.25) is 11.8 Å². The van der Waals surface area contributed by atoms with Crippen molar-refractivity contribution in [3.63, 3.8) is 0 Å². The molecule has 2 aliphatic heterocycles. The zero-order valence-corrected chi connectivity index (χ0v) is 14.7. The first-order chi connectivity index (χ1) is 10.8. The van der Waals surface area contributed by atoms with E-state index in [0.717, 1.165) is 32.5 Å². The molecule has 2 saturated heterocycles. The molecule has 0 aliphatic carbocycles. The van der Waals surface area contributed by atoms with Gasteiger partial charge in [-0.25, -0.2) is 0 Å². The minimum absolute atomic E-state index is 0.00431. The van der Waals surface area contributed by atoms with Gasteiger partial charge in [0.15, 0.2) is 0 Å². The molecule has 23 heavy (non-hydrogen) atoms. The lowest BCUT2D eigenvalue weighted by Gasteiger charge is -2.32. The van der Waals surface area contributed by atoms with Crippen LogP contribution in [0.15, 0.2) is 0 Å². The Bertz CT molecular complexity index is 425. The average molecular weight is 325 g/mol. The van der Waals surface area contributed by atoms with Crippen molar-refractivity contribution < 1.29 is 14.7 Å². The summed E-state index contributed by atoms with van der Waals surface area (Å²) in [4.78, 5) is 28.4. The molecule has 0 radical (unpaired) electrons. The monoisotopic (exact) mass is 325 g/mol. The Hall–Kier alpha value is -1.14. The number of piperidine rings is 1. The van der Waals surface area contributed by atoms with Crippen LogP contribution in [0.1, 0.15) is 40.0 Å². The average Bonchev–Trinajstić information content (AvgIpc) is 2.90. The molecule has 0 aromatic heterocycles. The van der Waals surface area contributed by atoms with Crippen molar-refractivity contribution in [3.05, 3.63) is 0 Å². The molecule has 0 aromatic rings. The number of carbonyl (C=O) groups is 2. The second-order valence-corrected chi connectivity index (χ2v) is 7.83. The summed E-state index contributed by atoms with van der Waals surface area (Å²) in [7, 11) is 0. The minimum atomic E-state index is -0.221. The van der Waals surface area contributed by atoms with Crippen molar-refractivity contribution in [1.29, 1.82) is 0 Å². The van der Waals surface area contributed by atoms with Crippen LogP contribution in [0.25, 0.3) is 0 Å². The van der Waals surface area contributed by atoms with Crippen molar-refractivity contribution in [2.24, 2.45) is 11.8 Å². The van der Waals surface area contributed by atoms with E-state index in [-0.39, 0.29) is 29.9 Å². The van der Waals surface area contributed by atoms with Crippen LogP contribution in [-0.2, 0) is 9.59 Å². The first-order valence-electron chi connectivity index (χ1n) is 8.72. The number of carbonyl (C=O) groups excluding carboxylic acids is 2. The normalized spacial score (nSPS) is 24.3. The molecule has 1 atom stereocenters. The van der Waals surface area contributed by atoms with E-state index in [0.29, 0.717) is 25.4 Å². The maximum atomic E-state index is 12.3. The Morgan fingerprint density at radius 3 is 2.48 bits per heavy atom. The van der Waals surface area contributed by atoms with Gasteiger partial charge >= 0.3 is 0 Å². The van der Waals surface area contributed by atoms with E-state index in [2.05, 4.69) is 10.2 Å². The van der Waals surface area contributed by atoms with E-state index in [1.165, 1.54) is 0 Å². The van der Waals surface area contributed by atoms with Crippen LogP contribution >= 0.6 is 0 Å². The third-order valence-electron chi connectivity index (χ3n) is 5.00. The van der Waals surface area contributed by atoms with Crippen LogP contribution < -0.4 is 5.32 Å². The summed E-state index contributed by atoms with van der Waals surface area (Å²) in [5, 5.41) is 12.1. The van der Waals surface area contributed by atoms with Crippen molar-refractivity contribution in [1.82, 2.24) is 15.1 Å². The maximum Gasteiger partial charge on any atom is 0.225 e. The second-order valence-electron chi connectivity index (χ2n) is 7.83. The number of nitrogens with zero attached hydrogens (tertiary/aromatic N) is 2. The zero-order valence-electron chi connectivity index (χ0n) is 14.7. The van der Waals surface area contributed by atoms with Crippen LogP contribution in [0, 0.1) is 11.8 Å². The van der Waals surface area contributed by atoms with Gasteiger partial charge < -0.3 is 20.2 Å². The standard InChI is InChI=1S/C17H31N3O3/c1-17(2,3)20-11-14(10-15(20)22)16(23)18-6-9-19-7-4-13(12-21)5-8-19/h13-14,21H,4-12H2,1-3H3,(H,18,23). The molecule has 2 amide bonds. The van der Waals surface area contributed by atoms with Crippen molar-refractivity contribution in [3.8, 4) is 0 Å². The molecule has 132 valence electrons. The fourth-order valence-corrected chi connectivity index (χ4v) is 3.41. The minimum Gasteiger partial charge on any atom is -0.396 e. The van der Waals surface area contributed by atoms with Crippen molar-refractivity contribution in [2.75, 3.05) is 39.3 Å². The van der Waals surface area contributed by atoms with Crippen molar-refractivity contribution in [2.45, 2.75) is 45.6 Å². The number of likely N-dealkylation sites (tertiary alicyclic amines) is 2. The van der Waals surface area contributed by atoms with Gasteiger partial charge in [-0.15, -0.1) is 0 Å². The van der Waals surface area contributed by atoms with Crippen LogP contribution in [0.5, 0.6) is 0 Å². The molecule has 2 aliphatic rings. The van der Waals surface area contributed by atoms with Gasteiger partial charge in [0.1, 0.15) is 0 Å². The van der Waals surface area contributed by atoms with E-state index in [4.69, 9.17) is 5.11 Å². The van der Waals surface area contributed by atoms with Crippen LogP contribution in [-0.4, -0.2) is 71.6 Å². The SMILES string of the molecule is CC(C)(C)N1CC(C(=O)NCCN2CCC(CO)CC2)CC1=O. The molecule has 0 aromatic carbocycles. The number of hydrogen-bond donors (Lipinski definition) is 2. The lowest BCUT2D eigenvalue weighted by atomic mass is 9.98. The van der Waals surface area contributed by atoms with Crippen molar-refractivity contribution >= 4 is 11.8 Å². The summed E-state index contributed by atoms with van der Waals surface area (Å²) in [6.07, 6.45) is 2.38. The third-order valence-corrected chi connectivity index (χ3v) is 5.00. The Kier molecular flexibility index (Phi) is 6.03. The third kappa shape index (κ3) is 4.91. The Morgan fingerprint density at radius 1 is 1.30 bits per heavy atom. The first kappa shape index (κ1) is 18.2. The molecule has 6 nitrogen and oxygen atoms in total. The highest BCUT2D eigenvalue weighted by Crippen LogP contribution is 2.25. The van der Waals surface area contributed by atoms with Gasteiger partial charge in [-0.3, -0.25) is 9.59 Å². The fraction of sp³-hybridized carbons (Fsp3) is 0.882. The molecule has 0 spiro atoms. The number of nitrogens with one attached hydrogen (secondary N) is 1. The number of amides is 2. The Morgan fingerprint density at radius 2 is 1.96 bits per heavy atom. The maximum absolute atomic E-state index is 12.3. The van der Waals surface area contributed by atoms with E-state index in [9.17, 15) is 9.59 Å². The zero-order chi connectivity index (χ0) is 17.0. The quantitative estimate of drug-likeness (QED) is 0.770. The lowest BCUT2D eigenvalue weighted by Crippen LogP contribution is -2.44. The van der Waals surface area contributed by atoms with Gasteiger partial charge in [0.25, 0.3) is 0 Å². The smallest absolute Gasteiger partial charge is 0.225 e. The summed E-state index contributed by atoms with van der Waals surface area (Å²) < 4.78 is 0. The molecule has 2 heterocycles. The van der Waals surface area contributed by atoms with Gasteiger partial charge in [0.05, 0.1) is 5.92 Å². The molecule has 2 fully saturated rings. The van der Waals surface area contributed by atoms with E-state index in [1.807, 2.05) is 20.8 Å². The molecular formula is C17H31N3O3. The van der Waals surface area contributed by atoms with Gasteiger partial charge in [-0.05, 0) is 52.6 Å². The topological polar surface area (TPSA) is 72.9 Å². The predicted octanol–water partition coefficient (Wildman–Crippen LogP) is 0.454. The molecule has 1 unspecified atom stereocenters. The highest BCUT2D eigenvalue weighted by Gasteiger charge is 2.39. The van der Waals surface area contributed by atoms with E-state index in [1.54, 1.807) is 4.90 Å². The first-order valence-corrected chi connectivity index (χ1v) is 8.72. The molecule has 0 saturated carbocycles. The van der Waals surface area contributed by atoms with E-state index >= 15 is 0 Å². The summed E-state index contributed by atoms with van der Waals surface area (Å²) in [5.41, 5.74) is -0.219. The Labute approximate surface area is 139 Å². The van der Waals surface area contributed by atoms with Gasteiger partial charge in [-0.2, -0.15) is 0 Å². The second kappa shape index (κ2) is 7.62. The molecule has 6 heteroatoms. The largest absolute Gasteiger partial charge is 0.396 e. The highest BCUT2D eigenvalue weighted by atomic mass is 16.3. The predicted molar refractivity (Wildman–Crippen MR) is 88.8 cm³/mol. The number of rotatable bonds is 5. The lowest BCUT2D eigenvalue weighted by molar-refractivity contribution is -0.132. The van der Waals surface area contributed by atoms with Crippen LogP contribution in [0.2, 0.25) is 0 Å². The van der Waals surface area contributed by atoms with E-state index < -0.39 is 0 Å². The van der Waals surface area contributed by atoms with Gasteiger partial charge in [-0.1, -0.05) is 0 Å². The summed E-state index contributed by atoms with van der Waals surface area (Å²) >= 11 is 0. The molecular weight excluding hydrogens is 294 g/mol. The summed E-state index contributed by atoms with van der Waals surface area (Å²) in [6, 6.07) is 0. The highest BCUT2D eigenvalue weighted by molar-refractivity contribution is 5.89. The summed E-state index contributed by atoms with van der Waals surface area (Å²) in [5.74, 6) is 0.287. The summed E-state index contributed by atoms with van der Waals surface area (Å²) in [6.45, 7) is 10.3. The fourth-order valence-electron chi connectivity index (χ4n) is 3.41. The number of hydrogen-bond acceptors (Lipinski definition) is 4. The molecule has 0 bridgehead atoms. The number of aliphatic hydroxyl groups excluding tert-OH is 1. The van der Waals surface area contributed by atoms with Gasteiger partial charge in [0, 0.05) is 38.2 Å². The molecule has 2 rings (SSSR count).